The molecule has 0 aromatic carbocycles. The van der Waals surface area contributed by atoms with Gasteiger partial charge in [0.25, 0.3) is 0 Å². The fourth-order valence-corrected chi connectivity index (χ4v) is 1.88. The van der Waals surface area contributed by atoms with Gasteiger partial charge in [0.1, 0.15) is 0 Å². The molecule has 2 nitrogen and oxygen atoms in total. The highest BCUT2D eigenvalue weighted by molar-refractivity contribution is 6.07. The van der Waals surface area contributed by atoms with Crippen LogP contribution in [0.5, 0.6) is 0 Å². The van der Waals surface area contributed by atoms with Crippen molar-refractivity contribution in [2.24, 2.45) is 5.92 Å². The van der Waals surface area contributed by atoms with Crippen LogP contribution < -0.4 is 0 Å². The third-order valence-corrected chi connectivity index (χ3v) is 2.81. The normalized spacial score (nSPS) is 22.8. The number of ketones is 1. The SMILES string of the molecule is C/C=C1/C(=O)C=C[C@@H]1C/C=C\CCCCO. The second-order valence-electron chi connectivity index (χ2n) is 4.00. The number of unbranched alkanes of at least 4 members (excludes halogenated alkanes) is 2. The van der Waals surface area contributed by atoms with Crippen LogP contribution in [0.25, 0.3) is 0 Å². The van der Waals surface area contributed by atoms with E-state index >= 15 is 0 Å². The molecule has 0 saturated heterocycles. The van der Waals surface area contributed by atoms with Gasteiger partial charge in [-0.3, -0.25) is 4.79 Å². The summed E-state index contributed by atoms with van der Waals surface area (Å²) in [7, 11) is 0. The minimum atomic E-state index is 0.154. The first-order chi connectivity index (χ1) is 7.79. The summed E-state index contributed by atoms with van der Waals surface area (Å²) in [6.45, 7) is 2.19. The molecule has 0 bridgehead atoms. The lowest BCUT2D eigenvalue weighted by atomic mass is 9.98. The summed E-state index contributed by atoms with van der Waals surface area (Å²) in [6, 6.07) is 0. The molecule has 0 fully saturated rings. The molecule has 1 rings (SSSR count). The summed E-state index contributed by atoms with van der Waals surface area (Å²) in [4.78, 5) is 11.4. The molecular formula is C14H20O2. The van der Waals surface area contributed by atoms with Gasteiger partial charge in [0.05, 0.1) is 0 Å². The maximum Gasteiger partial charge on any atom is 0.181 e. The molecule has 0 radical (unpaired) electrons. The summed E-state index contributed by atoms with van der Waals surface area (Å²) in [6.07, 6.45) is 13.6. The average molecular weight is 220 g/mol. The number of carbonyl (C=O) groups is 1. The molecule has 0 aliphatic heterocycles. The Morgan fingerprint density at radius 3 is 2.88 bits per heavy atom. The number of rotatable bonds is 6. The average Bonchev–Trinajstić information content (AvgIpc) is 2.64. The fourth-order valence-electron chi connectivity index (χ4n) is 1.88. The van der Waals surface area contributed by atoms with Crippen LogP contribution in [0.1, 0.15) is 32.6 Å². The van der Waals surface area contributed by atoms with E-state index in [1.54, 1.807) is 6.08 Å². The number of aliphatic hydroxyl groups excluding tert-OH is 1. The number of carbonyl (C=O) groups excluding carboxylic acids is 1. The quantitative estimate of drug-likeness (QED) is 0.424. The summed E-state index contributed by atoms with van der Waals surface area (Å²) in [5, 5.41) is 8.61. The Balaban J connectivity index is 2.28. The maximum atomic E-state index is 11.4. The molecule has 0 aromatic rings. The van der Waals surface area contributed by atoms with E-state index < -0.39 is 0 Å². The van der Waals surface area contributed by atoms with Gasteiger partial charge in [0, 0.05) is 18.1 Å². The number of hydrogen-bond donors (Lipinski definition) is 1. The summed E-state index contributed by atoms with van der Waals surface area (Å²) in [5.41, 5.74) is 0.917. The zero-order chi connectivity index (χ0) is 11.8. The standard InChI is InChI=1S/C14H20O2/c1-2-13-12(9-10-14(13)16)8-6-4-3-5-7-11-15/h2,4,6,9-10,12,15H,3,5,7-8,11H2,1H3/b6-4-,13-2+/t12-/m0/s1. The molecule has 1 N–H and O–H groups in total. The lowest BCUT2D eigenvalue weighted by Crippen LogP contribution is -2.01. The monoisotopic (exact) mass is 220 g/mol. The molecule has 0 spiro atoms. The lowest BCUT2D eigenvalue weighted by molar-refractivity contribution is -0.111. The number of aliphatic hydroxyl groups is 1. The first-order valence-corrected chi connectivity index (χ1v) is 5.94. The predicted molar refractivity (Wildman–Crippen MR) is 66.1 cm³/mol. The molecule has 1 aliphatic carbocycles. The van der Waals surface area contributed by atoms with Crippen molar-refractivity contribution in [3.63, 3.8) is 0 Å². The van der Waals surface area contributed by atoms with E-state index in [1.807, 2.05) is 19.1 Å². The third kappa shape index (κ3) is 3.78. The Morgan fingerprint density at radius 2 is 2.19 bits per heavy atom. The molecule has 88 valence electrons. The van der Waals surface area contributed by atoms with Crippen molar-refractivity contribution < 1.29 is 9.90 Å². The largest absolute Gasteiger partial charge is 0.396 e. The fraction of sp³-hybridized carbons (Fsp3) is 0.500. The topological polar surface area (TPSA) is 37.3 Å². The van der Waals surface area contributed by atoms with Gasteiger partial charge in [-0.05, 0) is 38.7 Å². The Hall–Kier alpha value is -1.15. The van der Waals surface area contributed by atoms with Crippen LogP contribution >= 0.6 is 0 Å². The van der Waals surface area contributed by atoms with Crippen molar-refractivity contribution in [2.75, 3.05) is 6.61 Å². The van der Waals surface area contributed by atoms with Gasteiger partial charge in [-0.15, -0.1) is 0 Å². The van der Waals surface area contributed by atoms with Gasteiger partial charge in [-0.2, -0.15) is 0 Å². The van der Waals surface area contributed by atoms with Gasteiger partial charge >= 0.3 is 0 Å². The highest BCUT2D eigenvalue weighted by atomic mass is 16.2. The lowest BCUT2D eigenvalue weighted by Gasteiger charge is -2.05. The second kappa shape index (κ2) is 7.18. The van der Waals surface area contributed by atoms with Crippen LogP contribution in [0.15, 0.2) is 36.0 Å². The molecule has 0 aromatic heterocycles. The van der Waals surface area contributed by atoms with Crippen molar-refractivity contribution in [3.8, 4) is 0 Å². The molecule has 16 heavy (non-hydrogen) atoms. The maximum absolute atomic E-state index is 11.4. The Labute approximate surface area is 97.4 Å². The predicted octanol–water partition coefficient (Wildman–Crippen LogP) is 2.80. The van der Waals surface area contributed by atoms with Crippen molar-refractivity contribution in [1.29, 1.82) is 0 Å². The van der Waals surface area contributed by atoms with Gasteiger partial charge in [0.2, 0.25) is 0 Å². The van der Waals surface area contributed by atoms with Gasteiger partial charge in [0.15, 0.2) is 5.78 Å². The molecule has 0 saturated carbocycles. The summed E-state index contributed by atoms with van der Waals surface area (Å²) in [5.74, 6) is 0.424. The molecule has 0 amide bonds. The van der Waals surface area contributed by atoms with Crippen molar-refractivity contribution in [3.05, 3.63) is 36.0 Å². The van der Waals surface area contributed by atoms with E-state index in [-0.39, 0.29) is 18.3 Å². The molecule has 1 aliphatic rings. The van der Waals surface area contributed by atoms with E-state index in [0.717, 1.165) is 31.3 Å². The van der Waals surface area contributed by atoms with E-state index in [1.165, 1.54) is 0 Å². The first-order valence-electron chi connectivity index (χ1n) is 5.94. The van der Waals surface area contributed by atoms with Crippen LogP contribution in [0.2, 0.25) is 0 Å². The Morgan fingerprint density at radius 1 is 1.38 bits per heavy atom. The smallest absolute Gasteiger partial charge is 0.181 e. The molecule has 1 atom stereocenters. The minimum Gasteiger partial charge on any atom is -0.396 e. The first kappa shape index (κ1) is 12.9. The van der Waals surface area contributed by atoms with Crippen LogP contribution in [-0.2, 0) is 4.79 Å². The van der Waals surface area contributed by atoms with Crippen molar-refractivity contribution in [2.45, 2.75) is 32.6 Å². The van der Waals surface area contributed by atoms with Crippen LogP contribution in [0.3, 0.4) is 0 Å². The van der Waals surface area contributed by atoms with E-state index in [2.05, 4.69) is 12.2 Å². The van der Waals surface area contributed by atoms with Crippen molar-refractivity contribution in [1.82, 2.24) is 0 Å². The van der Waals surface area contributed by atoms with Gasteiger partial charge < -0.3 is 5.11 Å². The zero-order valence-electron chi connectivity index (χ0n) is 9.86. The summed E-state index contributed by atoms with van der Waals surface area (Å²) >= 11 is 0. The Bertz CT molecular complexity index is 311. The molecule has 0 unspecified atom stereocenters. The van der Waals surface area contributed by atoms with E-state index in [9.17, 15) is 4.79 Å². The Kier molecular flexibility index (Phi) is 5.79. The zero-order valence-corrected chi connectivity index (χ0v) is 9.86. The second-order valence-corrected chi connectivity index (χ2v) is 4.00. The molecule has 0 heterocycles. The number of allylic oxidation sites excluding steroid dienone is 6. The molecule has 2 heteroatoms. The van der Waals surface area contributed by atoms with E-state index in [0.29, 0.717) is 0 Å². The minimum absolute atomic E-state index is 0.154. The highest BCUT2D eigenvalue weighted by Gasteiger charge is 2.20. The van der Waals surface area contributed by atoms with Crippen molar-refractivity contribution >= 4 is 5.78 Å². The van der Waals surface area contributed by atoms with Gasteiger partial charge in [-0.1, -0.05) is 24.3 Å². The summed E-state index contributed by atoms with van der Waals surface area (Å²) < 4.78 is 0. The van der Waals surface area contributed by atoms with Crippen LogP contribution in [-0.4, -0.2) is 17.5 Å². The van der Waals surface area contributed by atoms with Gasteiger partial charge in [-0.25, -0.2) is 0 Å². The third-order valence-electron chi connectivity index (χ3n) is 2.81. The van der Waals surface area contributed by atoms with Crippen LogP contribution in [0.4, 0.5) is 0 Å². The van der Waals surface area contributed by atoms with E-state index in [4.69, 9.17) is 5.11 Å². The highest BCUT2D eigenvalue weighted by Crippen LogP contribution is 2.24. The number of hydrogen-bond acceptors (Lipinski definition) is 2. The molecular weight excluding hydrogens is 200 g/mol. The van der Waals surface area contributed by atoms with Crippen LogP contribution in [0, 0.1) is 5.92 Å².